The second kappa shape index (κ2) is 7.16. The number of nitrogens with two attached hydrogens (primary N) is 2. The van der Waals surface area contributed by atoms with Crippen LogP contribution in [0, 0.1) is 6.92 Å². The molecule has 2 heterocycles. The summed E-state index contributed by atoms with van der Waals surface area (Å²) >= 11 is 0. The molecule has 28 heavy (non-hydrogen) atoms. The van der Waals surface area contributed by atoms with Gasteiger partial charge in [-0.3, -0.25) is 4.90 Å². The van der Waals surface area contributed by atoms with Gasteiger partial charge in [-0.05, 0) is 37.6 Å². The number of carboxylic acid groups (broad SMARTS) is 1. The molecule has 9 nitrogen and oxygen atoms in total. The maximum Gasteiger partial charge on any atom is 0.339 e. The second-order valence-corrected chi connectivity index (χ2v) is 7.40. The Morgan fingerprint density at radius 1 is 1.36 bits per heavy atom. The molecule has 0 fully saturated rings. The summed E-state index contributed by atoms with van der Waals surface area (Å²) in [4.78, 5) is 21.6. The van der Waals surface area contributed by atoms with Gasteiger partial charge in [0.2, 0.25) is 11.8 Å². The predicted octanol–water partition coefficient (Wildman–Crippen LogP) is 1.57. The van der Waals surface area contributed by atoms with Gasteiger partial charge < -0.3 is 26.4 Å². The molecule has 6 N–H and O–H groups in total. The summed E-state index contributed by atoms with van der Waals surface area (Å²) in [6.45, 7) is 7.48. The number of benzene rings is 1. The maximum absolute atomic E-state index is 11.4. The van der Waals surface area contributed by atoms with Gasteiger partial charge in [0.1, 0.15) is 22.7 Å². The highest BCUT2D eigenvalue weighted by Gasteiger charge is 2.39. The molecular weight excluding hydrogens is 362 g/mol. The van der Waals surface area contributed by atoms with Crippen molar-refractivity contribution in [3.8, 4) is 11.6 Å². The van der Waals surface area contributed by atoms with E-state index in [0.29, 0.717) is 36.8 Å². The quantitative estimate of drug-likeness (QED) is 0.579. The van der Waals surface area contributed by atoms with Crippen molar-refractivity contribution in [1.29, 1.82) is 0 Å². The van der Waals surface area contributed by atoms with Crippen molar-refractivity contribution in [1.82, 2.24) is 14.9 Å². The lowest BCUT2D eigenvalue weighted by Gasteiger charge is -2.31. The van der Waals surface area contributed by atoms with E-state index < -0.39 is 11.6 Å². The minimum Gasteiger partial charge on any atom is -0.507 e. The molecular formula is C19H25N5O4. The highest BCUT2D eigenvalue weighted by molar-refractivity contribution is 5.91. The zero-order chi connectivity index (χ0) is 20.6. The van der Waals surface area contributed by atoms with E-state index in [2.05, 4.69) is 14.9 Å². The number of hydrogen-bond acceptors (Lipinski definition) is 8. The molecule has 1 aliphatic heterocycles. The number of anilines is 2. The number of aromatic hydroxyl groups is 1. The zero-order valence-corrected chi connectivity index (χ0v) is 16.2. The van der Waals surface area contributed by atoms with E-state index in [0.717, 1.165) is 17.7 Å². The molecule has 150 valence electrons. The lowest BCUT2D eigenvalue weighted by Crippen LogP contribution is -2.44. The van der Waals surface area contributed by atoms with Crippen molar-refractivity contribution in [2.45, 2.75) is 39.3 Å². The molecule has 1 aromatic heterocycles. The first-order chi connectivity index (χ1) is 13.1. The van der Waals surface area contributed by atoms with E-state index in [4.69, 9.17) is 16.2 Å². The van der Waals surface area contributed by atoms with E-state index in [1.807, 2.05) is 13.8 Å². The van der Waals surface area contributed by atoms with Crippen molar-refractivity contribution in [3.63, 3.8) is 0 Å². The van der Waals surface area contributed by atoms with Crippen molar-refractivity contribution in [3.05, 3.63) is 34.4 Å². The number of aromatic nitrogens is 2. The number of carboxylic acids is 1. The number of nitrogens with zero attached hydrogens (tertiary/aromatic N) is 3. The van der Waals surface area contributed by atoms with E-state index in [1.165, 1.54) is 6.07 Å². The first-order valence-electron chi connectivity index (χ1n) is 9.01. The summed E-state index contributed by atoms with van der Waals surface area (Å²) < 4.78 is 6.04. The van der Waals surface area contributed by atoms with Crippen LogP contribution in [0.4, 0.5) is 11.8 Å². The van der Waals surface area contributed by atoms with Gasteiger partial charge >= 0.3 is 5.97 Å². The second-order valence-electron chi connectivity index (χ2n) is 7.40. The molecule has 9 heteroatoms. The molecule has 1 unspecified atom stereocenters. The number of carbonyl (C=O) groups is 1. The Hall–Kier alpha value is -3.07. The molecule has 1 aromatic carbocycles. The third kappa shape index (κ3) is 3.79. The number of likely N-dealkylation sites (N-methyl/N-ethyl adjacent to an activating group) is 1. The van der Waals surface area contributed by atoms with Crippen LogP contribution in [0.15, 0.2) is 12.1 Å². The third-order valence-corrected chi connectivity index (χ3v) is 4.91. The van der Waals surface area contributed by atoms with Crippen molar-refractivity contribution in [2.24, 2.45) is 0 Å². The van der Waals surface area contributed by atoms with Crippen LogP contribution in [0.2, 0.25) is 0 Å². The number of nitrogen functional groups attached to an aromatic ring is 2. The normalized spacial score (nSPS) is 18.1. The minimum absolute atomic E-state index is 0.0774. The topological polar surface area (TPSA) is 148 Å². The number of aryl methyl sites for hydroxylation is 1. The standard InChI is InChI=1S/C19H25N5O4/c1-4-24(8-11-5-10(2)14(25)12(6-11)17(26)27)9-19(3)7-13-15(20)22-18(21)23-16(13)28-19/h5-6,25H,4,7-9H2,1-3H3,(H,26,27)(H4,20,21,22,23). The fourth-order valence-corrected chi connectivity index (χ4v) is 3.60. The number of hydrogen-bond donors (Lipinski definition) is 4. The van der Waals surface area contributed by atoms with Crippen LogP contribution in [0.5, 0.6) is 11.6 Å². The molecule has 0 spiro atoms. The van der Waals surface area contributed by atoms with Crippen LogP contribution in [-0.2, 0) is 13.0 Å². The summed E-state index contributed by atoms with van der Waals surface area (Å²) in [5.74, 6) is -0.536. The molecule has 0 saturated heterocycles. The molecule has 1 aliphatic rings. The summed E-state index contributed by atoms with van der Waals surface area (Å²) in [6.07, 6.45) is 0.555. The molecule has 1 atom stereocenters. The number of ether oxygens (including phenoxy) is 1. The van der Waals surface area contributed by atoms with Gasteiger partial charge in [-0.15, -0.1) is 0 Å². The van der Waals surface area contributed by atoms with E-state index in [1.54, 1.807) is 13.0 Å². The van der Waals surface area contributed by atoms with Crippen LogP contribution in [0.1, 0.15) is 40.9 Å². The molecule has 0 radical (unpaired) electrons. The largest absolute Gasteiger partial charge is 0.507 e. The van der Waals surface area contributed by atoms with Gasteiger partial charge in [0.15, 0.2) is 0 Å². The molecule has 0 bridgehead atoms. The average molecular weight is 387 g/mol. The fourth-order valence-electron chi connectivity index (χ4n) is 3.60. The third-order valence-electron chi connectivity index (χ3n) is 4.91. The smallest absolute Gasteiger partial charge is 0.339 e. The van der Waals surface area contributed by atoms with Gasteiger partial charge in [-0.2, -0.15) is 9.97 Å². The monoisotopic (exact) mass is 387 g/mol. The van der Waals surface area contributed by atoms with Crippen LogP contribution >= 0.6 is 0 Å². The Labute approximate surface area is 163 Å². The SMILES string of the molecule is CCN(Cc1cc(C)c(O)c(C(=O)O)c1)CC1(C)Cc2c(N)nc(N)nc2O1. The number of phenols is 1. The molecule has 0 aliphatic carbocycles. The van der Waals surface area contributed by atoms with Gasteiger partial charge in [-0.25, -0.2) is 4.79 Å². The fraction of sp³-hybridized carbons (Fsp3) is 0.421. The van der Waals surface area contributed by atoms with E-state index >= 15 is 0 Å². The number of aromatic carboxylic acids is 1. The number of rotatable bonds is 6. The molecule has 3 rings (SSSR count). The van der Waals surface area contributed by atoms with Crippen LogP contribution in [-0.4, -0.2) is 49.7 Å². The van der Waals surface area contributed by atoms with Gasteiger partial charge in [0, 0.05) is 19.5 Å². The molecule has 0 amide bonds. The van der Waals surface area contributed by atoms with Crippen LogP contribution < -0.4 is 16.2 Å². The van der Waals surface area contributed by atoms with E-state index in [-0.39, 0.29) is 17.3 Å². The lowest BCUT2D eigenvalue weighted by atomic mass is 9.98. The average Bonchev–Trinajstić information content (AvgIpc) is 2.93. The first kappa shape index (κ1) is 19.7. The van der Waals surface area contributed by atoms with Crippen molar-refractivity contribution in [2.75, 3.05) is 24.6 Å². The summed E-state index contributed by atoms with van der Waals surface area (Å²) in [6, 6.07) is 3.30. The highest BCUT2D eigenvalue weighted by Crippen LogP contribution is 2.37. The van der Waals surface area contributed by atoms with Gasteiger partial charge in [0.05, 0.1) is 5.56 Å². The van der Waals surface area contributed by atoms with Crippen molar-refractivity contribution < 1.29 is 19.7 Å². The van der Waals surface area contributed by atoms with Crippen LogP contribution in [0.25, 0.3) is 0 Å². The summed E-state index contributed by atoms with van der Waals surface area (Å²) in [5, 5.41) is 19.3. The molecule has 0 saturated carbocycles. The number of fused-ring (bicyclic) bond motifs is 1. The van der Waals surface area contributed by atoms with Crippen molar-refractivity contribution >= 4 is 17.7 Å². The van der Waals surface area contributed by atoms with Gasteiger partial charge in [0.25, 0.3) is 0 Å². The predicted molar refractivity (Wildman–Crippen MR) is 104 cm³/mol. The zero-order valence-electron chi connectivity index (χ0n) is 16.2. The maximum atomic E-state index is 11.4. The Balaban J connectivity index is 1.79. The lowest BCUT2D eigenvalue weighted by molar-refractivity contribution is 0.0589. The summed E-state index contributed by atoms with van der Waals surface area (Å²) in [7, 11) is 0. The van der Waals surface area contributed by atoms with Crippen LogP contribution in [0.3, 0.4) is 0 Å². The Morgan fingerprint density at radius 3 is 2.71 bits per heavy atom. The first-order valence-corrected chi connectivity index (χ1v) is 9.01. The Kier molecular flexibility index (Phi) is 5.03. The Morgan fingerprint density at radius 2 is 2.07 bits per heavy atom. The minimum atomic E-state index is -1.15. The summed E-state index contributed by atoms with van der Waals surface area (Å²) in [5.41, 5.74) is 13.0. The Bertz CT molecular complexity index is 933. The van der Waals surface area contributed by atoms with Gasteiger partial charge in [-0.1, -0.05) is 13.0 Å². The highest BCUT2D eigenvalue weighted by atomic mass is 16.5. The molecule has 2 aromatic rings. The van der Waals surface area contributed by atoms with E-state index in [9.17, 15) is 15.0 Å².